The SMILES string of the molecule is CCC(C)(C)NC(=O)Cn1cnc2scc(-c3ccc(F)cc3)c2c1=O. The molecule has 0 aliphatic heterocycles. The van der Waals surface area contributed by atoms with Gasteiger partial charge in [-0.05, 0) is 38.0 Å². The van der Waals surface area contributed by atoms with Gasteiger partial charge in [0.05, 0.1) is 11.7 Å². The van der Waals surface area contributed by atoms with Crippen molar-refractivity contribution in [3.8, 4) is 11.1 Å². The van der Waals surface area contributed by atoms with Gasteiger partial charge in [0.15, 0.2) is 0 Å². The van der Waals surface area contributed by atoms with E-state index in [1.807, 2.05) is 26.2 Å². The third-order valence-corrected chi connectivity index (χ3v) is 5.28. The topological polar surface area (TPSA) is 64.0 Å². The van der Waals surface area contributed by atoms with Gasteiger partial charge in [-0.25, -0.2) is 9.37 Å². The summed E-state index contributed by atoms with van der Waals surface area (Å²) >= 11 is 1.35. The van der Waals surface area contributed by atoms with Gasteiger partial charge in [0.1, 0.15) is 17.2 Å². The van der Waals surface area contributed by atoms with Crippen LogP contribution in [0.5, 0.6) is 0 Å². The van der Waals surface area contributed by atoms with Gasteiger partial charge in [0, 0.05) is 16.5 Å². The van der Waals surface area contributed by atoms with E-state index in [0.717, 1.165) is 12.0 Å². The molecule has 0 spiro atoms. The molecule has 0 fully saturated rings. The number of thiophene rings is 1. The first-order valence-electron chi connectivity index (χ1n) is 8.34. The highest BCUT2D eigenvalue weighted by Crippen LogP contribution is 2.30. The molecule has 0 saturated carbocycles. The highest BCUT2D eigenvalue weighted by Gasteiger charge is 2.19. The molecule has 0 unspecified atom stereocenters. The smallest absolute Gasteiger partial charge is 0.263 e. The Hall–Kier alpha value is -2.54. The van der Waals surface area contributed by atoms with Crippen molar-refractivity contribution >= 4 is 27.5 Å². The summed E-state index contributed by atoms with van der Waals surface area (Å²) in [5.41, 5.74) is 0.830. The third kappa shape index (κ3) is 3.67. The maximum atomic E-state index is 13.2. The van der Waals surface area contributed by atoms with E-state index in [9.17, 15) is 14.0 Å². The van der Waals surface area contributed by atoms with Crippen LogP contribution in [0.15, 0.2) is 40.8 Å². The van der Waals surface area contributed by atoms with E-state index in [2.05, 4.69) is 10.3 Å². The maximum Gasteiger partial charge on any atom is 0.263 e. The fraction of sp³-hybridized carbons (Fsp3) is 0.316. The molecule has 5 nitrogen and oxygen atoms in total. The standard InChI is InChI=1S/C19H20FN3O2S/c1-4-19(2,3)22-15(24)9-23-11-21-17-16(18(23)25)14(10-26-17)12-5-7-13(20)8-6-12/h5-8,10-11H,4,9H2,1-3H3,(H,22,24). The van der Waals surface area contributed by atoms with Crippen molar-refractivity contribution in [3.63, 3.8) is 0 Å². The first-order chi connectivity index (χ1) is 12.3. The Balaban J connectivity index is 1.98. The summed E-state index contributed by atoms with van der Waals surface area (Å²) in [7, 11) is 0. The molecule has 3 rings (SSSR count). The first-order valence-corrected chi connectivity index (χ1v) is 9.22. The van der Waals surface area contributed by atoms with Crippen LogP contribution in [-0.4, -0.2) is 21.0 Å². The lowest BCUT2D eigenvalue weighted by Crippen LogP contribution is -2.45. The van der Waals surface area contributed by atoms with Crippen LogP contribution in [0.3, 0.4) is 0 Å². The Morgan fingerprint density at radius 3 is 2.65 bits per heavy atom. The molecule has 0 radical (unpaired) electrons. The summed E-state index contributed by atoms with van der Waals surface area (Å²) in [5.74, 6) is -0.572. The number of nitrogens with one attached hydrogen (secondary N) is 1. The first kappa shape index (κ1) is 18.3. The second-order valence-electron chi connectivity index (χ2n) is 6.80. The van der Waals surface area contributed by atoms with E-state index >= 15 is 0 Å². The van der Waals surface area contributed by atoms with Gasteiger partial charge in [0.25, 0.3) is 5.56 Å². The van der Waals surface area contributed by atoms with Crippen LogP contribution in [0, 0.1) is 5.82 Å². The van der Waals surface area contributed by atoms with Crippen molar-refractivity contribution in [2.24, 2.45) is 0 Å². The van der Waals surface area contributed by atoms with Crippen molar-refractivity contribution in [2.45, 2.75) is 39.3 Å². The minimum Gasteiger partial charge on any atom is -0.350 e. The van der Waals surface area contributed by atoms with Crippen molar-refractivity contribution in [1.82, 2.24) is 14.9 Å². The summed E-state index contributed by atoms with van der Waals surface area (Å²) in [4.78, 5) is 30.1. The Kier molecular flexibility index (Phi) is 4.91. The zero-order valence-electron chi connectivity index (χ0n) is 14.9. The summed E-state index contributed by atoms with van der Waals surface area (Å²) in [6, 6.07) is 5.97. The van der Waals surface area contributed by atoms with Crippen molar-refractivity contribution in [2.75, 3.05) is 0 Å². The van der Waals surface area contributed by atoms with Crippen LogP contribution < -0.4 is 10.9 Å². The molecule has 1 N–H and O–H groups in total. The third-order valence-electron chi connectivity index (χ3n) is 4.39. The zero-order chi connectivity index (χ0) is 18.9. The molecule has 2 heterocycles. The van der Waals surface area contributed by atoms with Gasteiger partial charge in [-0.2, -0.15) is 0 Å². The largest absolute Gasteiger partial charge is 0.350 e. The predicted molar refractivity (Wildman–Crippen MR) is 102 cm³/mol. The minimum absolute atomic E-state index is 0.0933. The number of rotatable bonds is 5. The normalized spacial score (nSPS) is 11.7. The molecule has 0 aliphatic carbocycles. The Labute approximate surface area is 154 Å². The Morgan fingerprint density at radius 1 is 1.31 bits per heavy atom. The Morgan fingerprint density at radius 2 is 2.00 bits per heavy atom. The number of nitrogens with zero attached hydrogens (tertiary/aromatic N) is 2. The summed E-state index contributed by atoms with van der Waals surface area (Å²) in [6.07, 6.45) is 2.18. The molecule has 7 heteroatoms. The summed E-state index contributed by atoms with van der Waals surface area (Å²) in [6.45, 7) is 5.76. The van der Waals surface area contributed by atoms with Crippen molar-refractivity contribution in [3.05, 3.63) is 52.1 Å². The molecule has 136 valence electrons. The van der Waals surface area contributed by atoms with Gasteiger partial charge in [0.2, 0.25) is 5.91 Å². The average Bonchev–Trinajstić information content (AvgIpc) is 3.02. The molecule has 0 aliphatic rings. The molecule has 26 heavy (non-hydrogen) atoms. The second-order valence-corrected chi connectivity index (χ2v) is 7.66. The number of benzene rings is 1. The molecule has 1 amide bonds. The predicted octanol–water partition coefficient (Wildman–Crippen LogP) is 3.57. The quantitative estimate of drug-likeness (QED) is 0.744. The number of aromatic nitrogens is 2. The van der Waals surface area contributed by atoms with Crippen LogP contribution in [-0.2, 0) is 11.3 Å². The lowest BCUT2D eigenvalue weighted by molar-refractivity contribution is -0.123. The molecular weight excluding hydrogens is 353 g/mol. The lowest BCUT2D eigenvalue weighted by atomic mass is 10.0. The van der Waals surface area contributed by atoms with Crippen LogP contribution in [0.25, 0.3) is 21.3 Å². The van der Waals surface area contributed by atoms with Crippen LogP contribution in [0.2, 0.25) is 0 Å². The monoisotopic (exact) mass is 373 g/mol. The molecule has 2 aromatic heterocycles. The van der Waals surface area contributed by atoms with Gasteiger partial charge < -0.3 is 5.32 Å². The average molecular weight is 373 g/mol. The molecule has 0 saturated heterocycles. The zero-order valence-corrected chi connectivity index (χ0v) is 15.7. The number of amides is 1. The van der Waals surface area contributed by atoms with Crippen molar-refractivity contribution < 1.29 is 9.18 Å². The molecular formula is C19H20FN3O2S. The molecule has 0 atom stereocenters. The fourth-order valence-electron chi connectivity index (χ4n) is 2.58. The van der Waals surface area contributed by atoms with E-state index in [-0.39, 0.29) is 29.4 Å². The fourth-order valence-corrected chi connectivity index (χ4v) is 3.49. The number of carbonyl (C=O) groups is 1. The van der Waals surface area contributed by atoms with Crippen molar-refractivity contribution in [1.29, 1.82) is 0 Å². The number of hydrogen-bond donors (Lipinski definition) is 1. The number of fused-ring (bicyclic) bond motifs is 1. The van der Waals surface area contributed by atoms with E-state index in [0.29, 0.717) is 15.8 Å². The maximum absolute atomic E-state index is 13.2. The minimum atomic E-state index is -0.334. The summed E-state index contributed by atoms with van der Waals surface area (Å²) < 4.78 is 14.5. The number of hydrogen-bond acceptors (Lipinski definition) is 4. The number of halogens is 1. The molecule has 3 aromatic rings. The van der Waals surface area contributed by atoms with Gasteiger partial charge in [-0.15, -0.1) is 11.3 Å². The Bertz CT molecular complexity index is 1010. The highest BCUT2D eigenvalue weighted by atomic mass is 32.1. The highest BCUT2D eigenvalue weighted by molar-refractivity contribution is 7.17. The van der Waals surface area contributed by atoms with E-state index < -0.39 is 0 Å². The van der Waals surface area contributed by atoms with E-state index in [1.54, 1.807) is 12.1 Å². The van der Waals surface area contributed by atoms with Crippen LogP contribution in [0.1, 0.15) is 27.2 Å². The van der Waals surface area contributed by atoms with Gasteiger partial charge >= 0.3 is 0 Å². The van der Waals surface area contributed by atoms with Gasteiger partial charge in [-0.1, -0.05) is 19.1 Å². The van der Waals surface area contributed by atoms with Crippen LogP contribution >= 0.6 is 11.3 Å². The van der Waals surface area contributed by atoms with E-state index in [1.165, 1.54) is 34.4 Å². The van der Waals surface area contributed by atoms with Gasteiger partial charge in [-0.3, -0.25) is 14.2 Å². The molecule has 0 bridgehead atoms. The second kappa shape index (κ2) is 6.99. The number of carbonyl (C=O) groups excluding carboxylic acids is 1. The molecule has 1 aromatic carbocycles. The van der Waals surface area contributed by atoms with E-state index in [4.69, 9.17) is 0 Å². The summed E-state index contributed by atoms with van der Waals surface area (Å²) in [5, 5.41) is 5.19. The van der Waals surface area contributed by atoms with Crippen LogP contribution in [0.4, 0.5) is 4.39 Å². The lowest BCUT2D eigenvalue weighted by Gasteiger charge is -2.24.